The lowest BCUT2D eigenvalue weighted by Gasteiger charge is -2.32. The number of carboxylic acid groups (broad SMARTS) is 1. The Hall–Kier alpha value is -1.85. The van der Waals surface area contributed by atoms with Crippen molar-refractivity contribution in [3.63, 3.8) is 0 Å². The zero-order chi connectivity index (χ0) is 15.1. The van der Waals surface area contributed by atoms with Gasteiger partial charge in [-0.2, -0.15) is 5.10 Å². The van der Waals surface area contributed by atoms with Crippen LogP contribution < -0.4 is 0 Å². The fourth-order valence-corrected chi connectivity index (χ4v) is 3.92. The Morgan fingerprint density at radius 2 is 2.05 bits per heavy atom. The number of fused-ring (bicyclic) bond motifs is 1. The minimum absolute atomic E-state index is 0.0718. The van der Waals surface area contributed by atoms with Crippen LogP contribution in [-0.4, -0.2) is 43.7 Å². The number of carbonyl (C=O) groups excluding carboxylic acids is 1. The van der Waals surface area contributed by atoms with Crippen LogP contribution in [0.15, 0.2) is 6.07 Å². The molecule has 6 nitrogen and oxygen atoms in total. The van der Waals surface area contributed by atoms with Gasteiger partial charge in [-0.1, -0.05) is 12.8 Å². The van der Waals surface area contributed by atoms with Crippen LogP contribution in [0.1, 0.15) is 48.3 Å². The van der Waals surface area contributed by atoms with Gasteiger partial charge in [0, 0.05) is 13.1 Å². The van der Waals surface area contributed by atoms with Gasteiger partial charge in [-0.25, -0.2) is 4.79 Å². The van der Waals surface area contributed by atoms with E-state index in [2.05, 4.69) is 5.10 Å². The first-order chi connectivity index (χ1) is 9.99. The maximum Gasteiger partial charge on any atom is 0.326 e. The van der Waals surface area contributed by atoms with E-state index >= 15 is 0 Å². The van der Waals surface area contributed by atoms with Crippen molar-refractivity contribution >= 4 is 11.9 Å². The number of rotatable bonds is 2. The number of hydrogen-bond acceptors (Lipinski definition) is 3. The van der Waals surface area contributed by atoms with Crippen molar-refractivity contribution < 1.29 is 14.7 Å². The molecule has 3 rings (SSSR count). The monoisotopic (exact) mass is 291 g/mol. The molecular formula is C15H21N3O3. The molecule has 1 aromatic rings. The molecule has 1 amide bonds. The number of aromatic nitrogens is 2. The number of hydrogen-bond donors (Lipinski definition) is 1. The molecular weight excluding hydrogens is 270 g/mol. The Morgan fingerprint density at radius 3 is 2.67 bits per heavy atom. The van der Waals surface area contributed by atoms with Crippen molar-refractivity contribution in [3.8, 4) is 0 Å². The third-order valence-electron chi connectivity index (χ3n) is 4.83. The average molecular weight is 291 g/mol. The predicted octanol–water partition coefficient (Wildman–Crippen LogP) is 1.59. The molecule has 0 radical (unpaired) electrons. The Labute approximate surface area is 123 Å². The molecule has 1 aliphatic heterocycles. The molecule has 6 heteroatoms. The number of nitrogens with zero attached hydrogens (tertiary/aromatic N) is 3. The molecule has 2 heterocycles. The third kappa shape index (κ3) is 2.32. The van der Waals surface area contributed by atoms with Crippen molar-refractivity contribution in [1.82, 2.24) is 14.7 Å². The summed E-state index contributed by atoms with van der Waals surface area (Å²) in [6.45, 7) is 1.83. The highest BCUT2D eigenvalue weighted by Crippen LogP contribution is 2.40. The van der Waals surface area contributed by atoms with E-state index in [4.69, 9.17) is 0 Å². The number of aliphatic carboxylic acids is 1. The number of carboxylic acids is 1. The first-order valence-corrected chi connectivity index (χ1v) is 7.55. The van der Waals surface area contributed by atoms with Crippen LogP contribution >= 0.6 is 0 Å². The summed E-state index contributed by atoms with van der Waals surface area (Å²) in [6, 6.07) is 1.11. The molecule has 21 heavy (non-hydrogen) atoms. The molecule has 1 N–H and O–H groups in total. The Morgan fingerprint density at radius 1 is 1.33 bits per heavy atom. The van der Waals surface area contributed by atoms with Gasteiger partial charge in [-0.05, 0) is 38.2 Å². The highest BCUT2D eigenvalue weighted by atomic mass is 16.4. The Kier molecular flexibility index (Phi) is 3.47. The molecule has 114 valence electrons. The van der Waals surface area contributed by atoms with Gasteiger partial charge in [0.05, 0.1) is 5.69 Å². The topological polar surface area (TPSA) is 75.4 Å². The molecule has 3 atom stereocenters. The second-order valence-corrected chi connectivity index (χ2v) is 6.21. The lowest BCUT2D eigenvalue weighted by atomic mass is 9.84. The van der Waals surface area contributed by atoms with Crippen molar-refractivity contribution in [1.29, 1.82) is 0 Å². The minimum Gasteiger partial charge on any atom is -0.480 e. The number of amides is 1. The van der Waals surface area contributed by atoms with E-state index in [1.54, 1.807) is 22.7 Å². The highest BCUT2D eigenvalue weighted by Gasteiger charge is 2.48. The first kappa shape index (κ1) is 14.1. The number of likely N-dealkylation sites (tertiary alicyclic amines) is 1. The van der Waals surface area contributed by atoms with Crippen LogP contribution in [0.2, 0.25) is 0 Å². The lowest BCUT2D eigenvalue weighted by Crippen LogP contribution is -2.46. The summed E-state index contributed by atoms with van der Waals surface area (Å²) in [5.74, 6) is -0.755. The molecule has 1 saturated carbocycles. The summed E-state index contributed by atoms with van der Waals surface area (Å²) in [6.07, 6.45) is 4.74. The standard InChI is InChI=1S/C15H21N3O3/c1-9-7-12(17(2)16-9)14(19)18-11-6-4-3-5-10(11)8-13(18)15(20)21/h7,10-11,13H,3-6,8H2,1-2H3,(H,20,21)/t10-,11+,13+/m1/s1. The molecule has 2 aliphatic rings. The summed E-state index contributed by atoms with van der Waals surface area (Å²) in [5, 5.41) is 13.7. The second-order valence-electron chi connectivity index (χ2n) is 6.21. The van der Waals surface area contributed by atoms with E-state index in [0.717, 1.165) is 31.4 Å². The van der Waals surface area contributed by atoms with Crippen LogP contribution in [0.5, 0.6) is 0 Å². The van der Waals surface area contributed by atoms with E-state index < -0.39 is 12.0 Å². The average Bonchev–Trinajstić information content (AvgIpc) is 2.98. The lowest BCUT2D eigenvalue weighted by molar-refractivity contribution is -0.141. The van der Waals surface area contributed by atoms with E-state index in [-0.39, 0.29) is 11.9 Å². The van der Waals surface area contributed by atoms with Crippen LogP contribution in [0.4, 0.5) is 0 Å². The molecule has 1 aromatic heterocycles. The predicted molar refractivity (Wildman–Crippen MR) is 75.9 cm³/mol. The van der Waals surface area contributed by atoms with Crippen molar-refractivity contribution in [3.05, 3.63) is 17.5 Å². The molecule has 2 fully saturated rings. The van der Waals surface area contributed by atoms with Gasteiger partial charge in [0.1, 0.15) is 11.7 Å². The van der Waals surface area contributed by atoms with Crippen LogP contribution in [-0.2, 0) is 11.8 Å². The van der Waals surface area contributed by atoms with Crippen LogP contribution in [0, 0.1) is 12.8 Å². The van der Waals surface area contributed by atoms with E-state index in [0.29, 0.717) is 18.0 Å². The van der Waals surface area contributed by atoms with Crippen molar-refractivity contribution in [2.24, 2.45) is 13.0 Å². The van der Waals surface area contributed by atoms with Gasteiger partial charge in [0.15, 0.2) is 0 Å². The Balaban J connectivity index is 1.94. The summed E-state index contributed by atoms with van der Waals surface area (Å²) in [7, 11) is 1.73. The maximum atomic E-state index is 12.9. The summed E-state index contributed by atoms with van der Waals surface area (Å²) in [5.41, 5.74) is 1.25. The van der Waals surface area contributed by atoms with Crippen LogP contribution in [0.3, 0.4) is 0 Å². The van der Waals surface area contributed by atoms with Crippen molar-refractivity contribution in [2.45, 2.75) is 51.1 Å². The number of aryl methyl sites for hydroxylation is 2. The van der Waals surface area contributed by atoms with E-state index in [1.807, 2.05) is 6.92 Å². The van der Waals surface area contributed by atoms with Gasteiger partial charge in [-0.15, -0.1) is 0 Å². The quantitative estimate of drug-likeness (QED) is 0.897. The molecule has 0 aromatic carbocycles. The summed E-state index contributed by atoms with van der Waals surface area (Å²) < 4.78 is 1.55. The van der Waals surface area contributed by atoms with Gasteiger partial charge >= 0.3 is 5.97 Å². The largest absolute Gasteiger partial charge is 0.480 e. The summed E-state index contributed by atoms with van der Waals surface area (Å²) in [4.78, 5) is 26.0. The van der Waals surface area contributed by atoms with Gasteiger partial charge in [0.25, 0.3) is 5.91 Å². The first-order valence-electron chi connectivity index (χ1n) is 7.55. The van der Waals surface area contributed by atoms with E-state index in [9.17, 15) is 14.7 Å². The smallest absolute Gasteiger partial charge is 0.326 e. The molecule has 1 saturated heterocycles. The SMILES string of the molecule is Cc1cc(C(=O)N2[C@H](C(=O)O)C[C@H]3CCCC[C@@H]32)n(C)n1. The van der Waals surface area contributed by atoms with Gasteiger partial charge < -0.3 is 10.0 Å². The van der Waals surface area contributed by atoms with Crippen LogP contribution in [0.25, 0.3) is 0 Å². The maximum absolute atomic E-state index is 12.9. The zero-order valence-corrected chi connectivity index (χ0v) is 12.5. The molecule has 1 aliphatic carbocycles. The fraction of sp³-hybridized carbons (Fsp3) is 0.667. The Bertz CT molecular complexity index is 581. The normalized spacial score (nSPS) is 28.5. The second kappa shape index (κ2) is 5.16. The number of carbonyl (C=O) groups is 2. The van der Waals surface area contributed by atoms with Crippen molar-refractivity contribution in [2.75, 3.05) is 0 Å². The minimum atomic E-state index is -0.892. The third-order valence-corrected chi connectivity index (χ3v) is 4.83. The molecule has 0 unspecified atom stereocenters. The molecule has 0 bridgehead atoms. The zero-order valence-electron chi connectivity index (χ0n) is 12.5. The highest BCUT2D eigenvalue weighted by molar-refractivity contribution is 5.96. The summed E-state index contributed by atoms with van der Waals surface area (Å²) >= 11 is 0. The van der Waals surface area contributed by atoms with E-state index in [1.165, 1.54) is 0 Å². The fourth-order valence-electron chi connectivity index (χ4n) is 3.92. The van der Waals surface area contributed by atoms with Gasteiger partial charge in [0.2, 0.25) is 0 Å². The molecule has 0 spiro atoms. The van der Waals surface area contributed by atoms with Gasteiger partial charge in [-0.3, -0.25) is 9.48 Å².